The van der Waals surface area contributed by atoms with Gasteiger partial charge >= 0.3 is 0 Å². The van der Waals surface area contributed by atoms with Gasteiger partial charge in [-0.2, -0.15) is 0 Å². The van der Waals surface area contributed by atoms with E-state index in [4.69, 9.17) is 4.74 Å². The summed E-state index contributed by atoms with van der Waals surface area (Å²) in [6, 6.07) is 9.68. The minimum Gasteiger partial charge on any atom is -0.506 e. The summed E-state index contributed by atoms with van der Waals surface area (Å²) in [6.07, 6.45) is 0. The fourth-order valence-electron chi connectivity index (χ4n) is 1.30. The molecule has 6 heteroatoms. The van der Waals surface area contributed by atoms with Gasteiger partial charge in [0.15, 0.2) is 5.75 Å². The van der Waals surface area contributed by atoms with Gasteiger partial charge in [-0.05, 0) is 115 Å². The fourth-order valence-corrected chi connectivity index (χ4v) is 4.74. The van der Waals surface area contributed by atoms with E-state index in [1.165, 1.54) is 0 Å². The Morgan fingerprint density at radius 2 is 1.33 bits per heavy atom. The zero-order valence-electron chi connectivity index (χ0n) is 8.75. The lowest BCUT2D eigenvalue weighted by molar-refractivity contribution is 0.455. The molecule has 2 rings (SSSR count). The molecule has 0 aliphatic heterocycles. The summed E-state index contributed by atoms with van der Waals surface area (Å²) in [5, 5.41) is 9.73. The molecule has 0 spiro atoms. The number of hydrogen-bond acceptors (Lipinski definition) is 2. The van der Waals surface area contributed by atoms with Crippen LogP contribution in [0.25, 0.3) is 0 Å². The maximum atomic E-state index is 9.73. The van der Waals surface area contributed by atoms with Crippen LogP contribution in [0.2, 0.25) is 0 Å². The number of benzene rings is 2. The van der Waals surface area contributed by atoms with Gasteiger partial charge in [-0.1, -0.05) is 6.07 Å². The molecule has 0 heterocycles. The first kappa shape index (κ1) is 15.4. The van der Waals surface area contributed by atoms with Crippen LogP contribution in [0, 0.1) is 14.3 Å². The zero-order valence-corrected chi connectivity index (χ0v) is 17.4. The Bertz CT molecular complexity index is 555. The molecule has 0 aliphatic rings. The van der Waals surface area contributed by atoms with Crippen LogP contribution < -0.4 is 4.74 Å². The molecule has 0 amide bonds. The molecule has 0 atom stereocenters. The van der Waals surface area contributed by atoms with E-state index in [1.54, 1.807) is 0 Å². The molecule has 0 unspecified atom stereocenters. The highest BCUT2D eigenvalue weighted by Gasteiger charge is 2.11. The summed E-state index contributed by atoms with van der Waals surface area (Å²) < 4.78 is 9.63. The Labute approximate surface area is 159 Å². The van der Waals surface area contributed by atoms with Crippen LogP contribution in [0.15, 0.2) is 30.3 Å². The van der Waals surface area contributed by atoms with Crippen molar-refractivity contribution in [2.75, 3.05) is 0 Å². The average Bonchev–Trinajstić information content (AvgIpc) is 2.31. The van der Waals surface area contributed by atoms with Crippen molar-refractivity contribution in [1.82, 2.24) is 0 Å². The maximum absolute atomic E-state index is 9.73. The van der Waals surface area contributed by atoms with E-state index in [1.807, 2.05) is 30.3 Å². The summed E-state index contributed by atoms with van der Waals surface area (Å²) in [5.41, 5.74) is 0. The van der Waals surface area contributed by atoms with Crippen molar-refractivity contribution in [2.24, 2.45) is 0 Å². The molecule has 94 valence electrons. The highest BCUT2D eigenvalue weighted by molar-refractivity contribution is 14.1. The normalized spacial score (nSPS) is 10.4. The predicted octanol–water partition coefficient (Wildman–Crippen LogP) is 5.60. The topological polar surface area (TPSA) is 29.5 Å². The third kappa shape index (κ3) is 3.53. The molecular formula is C12H6I4O2. The number of ether oxygens (including phenoxy) is 1. The highest BCUT2D eigenvalue weighted by atomic mass is 127. The molecule has 2 aromatic carbocycles. The molecule has 0 saturated carbocycles. The van der Waals surface area contributed by atoms with Crippen LogP contribution in [0.5, 0.6) is 17.2 Å². The number of para-hydroxylation sites is 1. The predicted molar refractivity (Wildman–Crippen MR) is 105 cm³/mol. The number of hydrogen-bond donors (Lipinski definition) is 1. The molecule has 0 aromatic heterocycles. The third-order valence-corrected chi connectivity index (χ3v) is 5.47. The second kappa shape index (κ2) is 6.61. The van der Waals surface area contributed by atoms with Gasteiger partial charge in [0.1, 0.15) is 11.5 Å². The molecule has 18 heavy (non-hydrogen) atoms. The van der Waals surface area contributed by atoms with Crippen molar-refractivity contribution < 1.29 is 9.84 Å². The quantitative estimate of drug-likeness (QED) is 0.417. The lowest BCUT2D eigenvalue weighted by atomic mass is 10.3. The van der Waals surface area contributed by atoms with Gasteiger partial charge < -0.3 is 9.84 Å². The maximum Gasteiger partial charge on any atom is 0.154 e. The minimum atomic E-state index is 0.306. The Morgan fingerprint density at radius 1 is 0.833 bits per heavy atom. The van der Waals surface area contributed by atoms with Crippen LogP contribution in [-0.4, -0.2) is 5.11 Å². The second-order valence-corrected chi connectivity index (χ2v) is 8.04. The van der Waals surface area contributed by atoms with Gasteiger partial charge in [0.2, 0.25) is 0 Å². The standard InChI is InChI=1S/C12H6I4O2/c13-7-2-1-3-8(14)12(7)18-6-4-9(15)11(17)10(16)5-6/h1-5,17H. The van der Waals surface area contributed by atoms with E-state index in [-0.39, 0.29) is 0 Å². The van der Waals surface area contributed by atoms with Crippen LogP contribution in [0.1, 0.15) is 0 Å². The molecule has 0 bridgehead atoms. The lowest BCUT2D eigenvalue weighted by Crippen LogP contribution is -1.92. The monoisotopic (exact) mass is 690 g/mol. The van der Waals surface area contributed by atoms with Crippen molar-refractivity contribution in [2.45, 2.75) is 0 Å². The Hall–Kier alpha value is 0.960. The first-order chi connectivity index (χ1) is 8.49. The molecule has 0 aliphatic carbocycles. The van der Waals surface area contributed by atoms with E-state index in [0.717, 1.165) is 25.8 Å². The van der Waals surface area contributed by atoms with Crippen LogP contribution >= 0.6 is 90.4 Å². The van der Waals surface area contributed by atoms with Gasteiger partial charge in [0, 0.05) is 0 Å². The first-order valence-electron chi connectivity index (χ1n) is 4.79. The number of phenolic OH excluding ortho intramolecular Hbond substituents is 1. The average molecular weight is 690 g/mol. The summed E-state index contributed by atoms with van der Waals surface area (Å²) in [5.74, 6) is 1.90. The largest absolute Gasteiger partial charge is 0.506 e. The first-order valence-corrected chi connectivity index (χ1v) is 9.10. The Morgan fingerprint density at radius 3 is 1.83 bits per heavy atom. The summed E-state index contributed by atoms with van der Waals surface area (Å²) in [4.78, 5) is 0. The van der Waals surface area contributed by atoms with Gasteiger partial charge in [0.25, 0.3) is 0 Å². The lowest BCUT2D eigenvalue weighted by Gasteiger charge is -2.11. The SMILES string of the molecule is Oc1c(I)cc(Oc2c(I)cccc2I)cc1I. The van der Waals surface area contributed by atoms with E-state index in [2.05, 4.69) is 90.4 Å². The Balaban J connectivity index is 2.41. The molecular weight excluding hydrogens is 684 g/mol. The van der Waals surface area contributed by atoms with Crippen molar-refractivity contribution >= 4 is 90.4 Å². The number of halogens is 4. The Kier molecular flexibility index (Phi) is 5.64. The van der Waals surface area contributed by atoms with E-state index >= 15 is 0 Å². The summed E-state index contributed by atoms with van der Waals surface area (Å²) in [7, 11) is 0. The van der Waals surface area contributed by atoms with Crippen molar-refractivity contribution in [3.05, 3.63) is 44.6 Å². The fraction of sp³-hybridized carbons (Fsp3) is 0. The molecule has 0 fully saturated rings. The van der Waals surface area contributed by atoms with Gasteiger partial charge in [-0.25, -0.2) is 0 Å². The van der Waals surface area contributed by atoms with Crippen molar-refractivity contribution in [3.63, 3.8) is 0 Å². The molecule has 0 radical (unpaired) electrons. The number of aromatic hydroxyl groups is 1. The molecule has 2 aromatic rings. The van der Waals surface area contributed by atoms with Gasteiger partial charge in [-0.15, -0.1) is 0 Å². The highest BCUT2D eigenvalue weighted by Crippen LogP contribution is 2.35. The van der Waals surface area contributed by atoms with Crippen molar-refractivity contribution in [3.8, 4) is 17.2 Å². The number of rotatable bonds is 2. The molecule has 2 nitrogen and oxygen atoms in total. The van der Waals surface area contributed by atoms with Crippen molar-refractivity contribution in [1.29, 1.82) is 0 Å². The van der Waals surface area contributed by atoms with Gasteiger partial charge in [0.05, 0.1) is 14.3 Å². The van der Waals surface area contributed by atoms with Crippen LogP contribution in [-0.2, 0) is 0 Å². The van der Waals surface area contributed by atoms with Crippen LogP contribution in [0.4, 0.5) is 0 Å². The zero-order chi connectivity index (χ0) is 13.3. The summed E-state index contributed by atoms with van der Waals surface area (Å²) in [6.45, 7) is 0. The third-order valence-electron chi connectivity index (χ3n) is 2.13. The van der Waals surface area contributed by atoms with E-state index < -0.39 is 0 Å². The molecule has 0 saturated heterocycles. The second-order valence-electron chi connectivity index (χ2n) is 3.39. The van der Waals surface area contributed by atoms with Crippen LogP contribution in [0.3, 0.4) is 0 Å². The summed E-state index contributed by atoms with van der Waals surface area (Å²) >= 11 is 8.70. The minimum absolute atomic E-state index is 0.306. The van der Waals surface area contributed by atoms with E-state index in [0.29, 0.717) is 5.75 Å². The van der Waals surface area contributed by atoms with E-state index in [9.17, 15) is 5.11 Å². The van der Waals surface area contributed by atoms with Gasteiger partial charge in [-0.3, -0.25) is 0 Å². The molecule has 1 N–H and O–H groups in total. The number of phenols is 1. The smallest absolute Gasteiger partial charge is 0.154 e.